The van der Waals surface area contributed by atoms with E-state index in [0.29, 0.717) is 6.04 Å². The van der Waals surface area contributed by atoms with Crippen molar-refractivity contribution >= 4 is 17.6 Å². The van der Waals surface area contributed by atoms with Crippen LogP contribution in [0.3, 0.4) is 0 Å². The Bertz CT molecular complexity index is 676. The lowest BCUT2D eigenvalue weighted by Gasteiger charge is -2.34. The normalized spacial score (nSPS) is 21.2. The minimum atomic E-state index is 0.364. The van der Waals surface area contributed by atoms with Crippen molar-refractivity contribution in [2.75, 3.05) is 54.5 Å². The van der Waals surface area contributed by atoms with E-state index in [9.17, 15) is 0 Å². The molecule has 4 heterocycles. The first kappa shape index (κ1) is 16.1. The predicted molar refractivity (Wildman–Crippen MR) is 98.2 cm³/mol. The average molecular weight is 340 g/mol. The number of rotatable bonds is 4. The van der Waals surface area contributed by atoms with Gasteiger partial charge in [-0.3, -0.25) is 0 Å². The molecule has 1 N–H and O–H groups in total. The molecular weight excluding hydrogens is 316 g/mol. The van der Waals surface area contributed by atoms with Gasteiger partial charge in [0.1, 0.15) is 11.6 Å². The van der Waals surface area contributed by atoms with Crippen LogP contribution in [-0.4, -0.2) is 60.4 Å². The predicted octanol–water partition coefficient (Wildman–Crippen LogP) is 1.79. The number of hydrogen-bond acceptors (Lipinski definition) is 7. The standard InChI is InChI=1S/C18H24N6O/c1-2-7-19-17(5-1)24-9-3-4-15(14-24)21-16-6-8-20-18(22-16)23-10-12-25-13-11-23/h1-2,5-8,15H,3-4,9-14H2,(H,20,21,22). The monoisotopic (exact) mass is 340 g/mol. The van der Waals surface area contributed by atoms with Crippen molar-refractivity contribution in [3.63, 3.8) is 0 Å². The molecule has 0 radical (unpaired) electrons. The van der Waals surface area contributed by atoms with E-state index in [2.05, 4.69) is 31.2 Å². The van der Waals surface area contributed by atoms with Gasteiger partial charge in [-0.15, -0.1) is 0 Å². The van der Waals surface area contributed by atoms with Crippen molar-refractivity contribution in [2.45, 2.75) is 18.9 Å². The van der Waals surface area contributed by atoms with Crippen LogP contribution in [-0.2, 0) is 4.74 Å². The number of morpholine rings is 1. The minimum absolute atomic E-state index is 0.364. The molecule has 2 aromatic rings. The fourth-order valence-corrected chi connectivity index (χ4v) is 3.40. The highest BCUT2D eigenvalue weighted by molar-refractivity contribution is 5.44. The topological polar surface area (TPSA) is 66.4 Å². The molecule has 132 valence electrons. The van der Waals surface area contributed by atoms with Crippen molar-refractivity contribution in [3.8, 4) is 0 Å². The zero-order chi connectivity index (χ0) is 16.9. The summed E-state index contributed by atoms with van der Waals surface area (Å²) in [6.45, 7) is 5.16. The summed E-state index contributed by atoms with van der Waals surface area (Å²) in [7, 11) is 0. The summed E-state index contributed by atoms with van der Waals surface area (Å²) >= 11 is 0. The Morgan fingerprint density at radius 2 is 1.92 bits per heavy atom. The number of nitrogens with one attached hydrogen (secondary N) is 1. The second kappa shape index (κ2) is 7.65. The van der Waals surface area contributed by atoms with E-state index in [1.807, 2.05) is 30.6 Å². The Morgan fingerprint density at radius 3 is 2.76 bits per heavy atom. The van der Waals surface area contributed by atoms with Crippen LogP contribution in [0.15, 0.2) is 36.7 Å². The highest BCUT2D eigenvalue weighted by Crippen LogP contribution is 2.20. The Hall–Kier alpha value is -2.41. The molecule has 2 saturated heterocycles. The summed E-state index contributed by atoms with van der Waals surface area (Å²) in [6.07, 6.45) is 5.97. The van der Waals surface area contributed by atoms with E-state index >= 15 is 0 Å². The van der Waals surface area contributed by atoms with Crippen LogP contribution < -0.4 is 15.1 Å². The molecule has 2 fully saturated rings. The second-order valence-corrected chi connectivity index (χ2v) is 6.46. The lowest BCUT2D eigenvalue weighted by atomic mass is 10.1. The second-order valence-electron chi connectivity index (χ2n) is 6.46. The van der Waals surface area contributed by atoms with Gasteiger partial charge in [-0.1, -0.05) is 6.07 Å². The van der Waals surface area contributed by atoms with Crippen LogP contribution in [0.1, 0.15) is 12.8 Å². The van der Waals surface area contributed by atoms with Crippen molar-refractivity contribution in [1.29, 1.82) is 0 Å². The average Bonchev–Trinajstić information content (AvgIpc) is 2.70. The van der Waals surface area contributed by atoms with Gasteiger partial charge in [-0.25, -0.2) is 9.97 Å². The zero-order valence-corrected chi connectivity index (χ0v) is 14.3. The maximum absolute atomic E-state index is 5.40. The smallest absolute Gasteiger partial charge is 0.227 e. The molecule has 0 saturated carbocycles. The summed E-state index contributed by atoms with van der Waals surface area (Å²) in [5, 5.41) is 3.58. The van der Waals surface area contributed by atoms with E-state index < -0.39 is 0 Å². The molecular formula is C18H24N6O. The van der Waals surface area contributed by atoms with Crippen LogP contribution in [0.5, 0.6) is 0 Å². The molecule has 0 aliphatic carbocycles. The molecule has 4 rings (SSSR count). The maximum atomic E-state index is 5.40. The maximum Gasteiger partial charge on any atom is 0.227 e. The quantitative estimate of drug-likeness (QED) is 0.910. The fourth-order valence-electron chi connectivity index (χ4n) is 3.40. The van der Waals surface area contributed by atoms with E-state index in [0.717, 1.165) is 69.8 Å². The van der Waals surface area contributed by atoms with Crippen LogP contribution in [0.2, 0.25) is 0 Å². The molecule has 2 aliphatic rings. The number of pyridine rings is 1. The number of aromatic nitrogens is 3. The third kappa shape index (κ3) is 3.99. The lowest BCUT2D eigenvalue weighted by Crippen LogP contribution is -2.42. The lowest BCUT2D eigenvalue weighted by molar-refractivity contribution is 0.122. The van der Waals surface area contributed by atoms with Gasteiger partial charge < -0.3 is 19.9 Å². The number of ether oxygens (including phenoxy) is 1. The Kier molecular flexibility index (Phi) is 4.92. The first-order valence-electron chi connectivity index (χ1n) is 8.97. The van der Waals surface area contributed by atoms with Crippen molar-refractivity contribution in [2.24, 2.45) is 0 Å². The van der Waals surface area contributed by atoms with Crippen LogP contribution in [0.25, 0.3) is 0 Å². The van der Waals surface area contributed by atoms with Crippen LogP contribution >= 0.6 is 0 Å². The number of piperidine rings is 1. The van der Waals surface area contributed by atoms with E-state index in [1.54, 1.807) is 0 Å². The first-order chi connectivity index (χ1) is 12.4. The molecule has 25 heavy (non-hydrogen) atoms. The molecule has 1 unspecified atom stereocenters. The van der Waals surface area contributed by atoms with E-state index in [1.165, 1.54) is 0 Å². The van der Waals surface area contributed by atoms with Crippen molar-refractivity contribution in [1.82, 2.24) is 15.0 Å². The minimum Gasteiger partial charge on any atom is -0.378 e. The summed E-state index contributed by atoms with van der Waals surface area (Å²) in [4.78, 5) is 18.1. The number of hydrogen-bond donors (Lipinski definition) is 1. The Balaban J connectivity index is 1.41. The summed E-state index contributed by atoms with van der Waals surface area (Å²) in [5.41, 5.74) is 0. The van der Waals surface area contributed by atoms with E-state index in [4.69, 9.17) is 9.72 Å². The van der Waals surface area contributed by atoms with Gasteiger partial charge in [-0.05, 0) is 31.0 Å². The summed E-state index contributed by atoms with van der Waals surface area (Å²) < 4.78 is 5.40. The molecule has 2 aromatic heterocycles. The van der Waals surface area contributed by atoms with Gasteiger partial charge in [0.2, 0.25) is 5.95 Å². The highest BCUT2D eigenvalue weighted by Gasteiger charge is 2.21. The SMILES string of the molecule is c1ccc(N2CCCC(Nc3ccnc(N4CCOCC4)n3)C2)nc1. The molecule has 0 bridgehead atoms. The third-order valence-electron chi connectivity index (χ3n) is 4.68. The van der Waals surface area contributed by atoms with E-state index in [-0.39, 0.29) is 0 Å². The largest absolute Gasteiger partial charge is 0.378 e. The molecule has 2 aliphatic heterocycles. The van der Waals surface area contributed by atoms with Crippen molar-refractivity contribution < 1.29 is 4.74 Å². The van der Waals surface area contributed by atoms with Gasteiger partial charge in [0.25, 0.3) is 0 Å². The summed E-state index contributed by atoms with van der Waals surface area (Å²) in [6, 6.07) is 8.38. The molecule has 0 aromatic carbocycles. The number of anilines is 3. The van der Waals surface area contributed by atoms with Gasteiger partial charge in [0, 0.05) is 44.6 Å². The summed E-state index contributed by atoms with van der Waals surface area (Å²) in [5.74, 6) is 2.72. The van der Waals surface area contributed by atoms with Crippen LogP contribution in [0.4, 0.5) is 17.6 Å². The van der Waals surface area contributed by atoms with Gasteiger partial charge in [-0.2, -0.15) is 4.98 Å². The first-order valence-corrected chi connectivity index (χ1v) is 8.97. The van der Waals surface area contributed by atoms with Gasteiger partial charge in [0.05, 0.1) is 13.2 Å². The van der Waals surface area contributed by atoms with Crippen LogP contribution in [0, 0.1) is 0 Å². The Morgan fingerprint density at radius 1 is 1.00 bits per heavy atom. The molecule has 0 spiro atoms. The third-order valence-corrected chi connectivity index (χ3v) is 4.68. The Labute approximate surface area is 148 Å². The highest BCUT2D eigenvalue weighted by atomic mass is 16.5. The van der Waals surface area contributed by atoms with Gasteiger partial charge >= 0.3 is 0 Å². The molecule has 0 amide bonds. The molecule has 7 nitrogen and oxygen atoms in total. The molecule has 7 heteroatoms. The van der Waals surface area contributed by atoms with Gasteiger partial charge in [0.15, 0.2) is 0 Å². The zero-order valence-electron chi connectivity index (χ0n) is 14.3. The molecule has 1 atom stereocenters. The fraction of sp³-hybridized carbons (Fsp3) is 0.500. The van der Waals surface area contributed by atoms with Crippen molar-refractivity contribution in [3.05, 3.63) is 36.7 Å². The number of nitrogens with zero attached hydrogens (tertiary/aromatic N) is 5.